The van der Waals surface area contributed by atoms with Gasteiger partial charge in [0, 0.05) is 47.0 Å². The molecule has 0 spiro atoms. The SMILES string of the molecule is Cl.FCC(CF)n1cc(-c2cccc(-c3ncc(-c4cnn(C5CCNCC5)c4)cn3)c2)cn1. The smallest absolute Gasteiger partial charge is 0.159 e. The molecule has 1 aliphatic heterocycles. The molecule has 0 unspecified atom stereocenters. The zero-order valence-corrected chi connectivity index (χ0v) is 19.3. The van der Waals surface area contributed by atoms with E-state index in [1.807, 2.05) is 47.5 Å². The number of nitrogens with one attached hydrogen (secondary N) is 1. The molecule has 1 aliphatic rings. The fourth-order valence-corrected chi connectivity index (χ4v) is 4.09. The third-order valence-electron chi connectivity index (χ3n) is 6.06. The standard InChI is InChI=1S/C24H25F2N7.ClH/c25-9-23(10-26)33-15-20(13-31-33)17-2-1-3-18(8-17)24-28-11-19(12-29-24)21-14-30-32(16-21)22-4-6-27-7-5-22;/h1-3,8,11-16,22-23,27H,4-7,9-10H2;1H. The lowest BCUT2D eigenvalue weighted by Gasteiger charge is -2.22. The minimum absolute atomic E-state index is 0. The number of benzene rings is 1. The van der Waals surface area contributed by atoms with Crippen LogP contribution in [-0.2, 0) is 0 Å². The molecule has 1 aromatic carbocycles. The third-order valence-corrected chi connectivity index (χ3v) is 6.06. The number of halogens is 3. The summed E-state index contributed by atoms with van der Waals surface area (Å²) in [5, 5.41) is 12.0. The second-order valence-electron chi connectivity index (χ2n) is 8.24. The lowest BCUT2D eigenvalue weighted by atomic mass is 10.1. The summed E-state index contributed by atoms with van der Waals surface area (Å²) < 4.78 is 29.3. The maximum Gasteiger partial charge on any atom is 0.159 e. The molecule has 5 rings (SSSR count). The second-order valence-corrected chi connectivity index (χ2v) is 8.24. The van der Waals surface area contributed by atoms with Crippen molar-refractivity contribution in [2.45, 2.75) is 24.9 Å². The Morgan fingerprint density at radius 1 is 0.853 bits per heavy atom. The van der Waals surface area contributed by atoms with E-state index >= 15 is 0 Å². The van der Waals surface area contributed by atoms with Gasteiger partial charge in [0.1, 0.15) is 19.4 Å². The minimum atomic E-state index is -0.892. The topological polar surface area (TPSA) is 73.5 Å². The largest absolute Gasteiger partial charge is 0.317 e. The normalized spacial score (nSPS) is 14.3. The summed E-state index contributed by atoms with van der Waals surface area (Å²) in [6.07, 6.45) is 13.0. The minimum Gasteiger partial charge on any atom is -0.317 e. The van der Waals surface area contributed by atoms with E-state index in [0.717, 1.165) is 53.7 Å². The molecule has 0 radical (unpaired) electrons. The predicted octanol–water partition coefficient (Wildman–Crippen LogP) is 4.70. The zero-order chi connectivity index (χ0) is 22.6. The highest BCUT2D eigenvalue weighted by Gasteiger charge is 2.16. The second kappa shape index (κ2) is 10.8. The van der Waals surface area contributed by atoms with Gasteiger partial charge in [0.05, 0.1) is 18.4 Å². The first-order valence-corrected chi connectivity index (χ1v) is 11.1. The third kappa shape index (κ3) is 5.00. The first-order chi connectivity index (χ1) is 16.2. The number of alkyl halides is 2. The van der Waals surface area contributed by atoms with E-state index in [9.17, 15) is 8.78 Å². The molecule has 4 aromatic rings. The Bertz CT molecular complexity index is 1200. The van der Waals surface area contributed by atoms with Crippen LogP contribution in [0.5, 0.6) is 0 Å². The Kier molecular flexibility index (Phi) is 7.64. The van der Waals surface area contributed by atoms with E-state index < -0.39 is 19.4 Å². The molecule has 0 bridgehead atoms. The van der Waals surface area contributed by atoms with Crippen LogP contribution in [0.4, 0.5) is 8.78 Å². The molecule has 4 heterocycles. The van der Waals surface area contributed by atoms with Gasteiger partial charge in [0.2, 0.25) is 0 Å². The van der Waals surface area contributed by atoms with Gasteiger partial charge in [0.15, 0.2) is 5.82 Å². The van der Waals surface area contributed by atoms with Crippen molar-refractivity contribution < 1.29 is 8.78 Å². The summed E-state index contributed by atoms with van der Waals surface area (Å²) in [5.74, 6) is 0.601. The number of hydrogen-bond acceptors (Lipinski definition) is 5. The average molecular weight is 486 g/mol. The number of rotatable bonds is 7. The predicted molar refractivity (Wildman–Crippen MR) is 129 cm³/mol. The van der Waals surface area contributed by atoms with E-state index in [2.05, 4.69) is 31.7 Å². The quantitative estimate of drug-likeness (QED) is 0.411. The highest BCUT2D eigenvalue weighted by Crippen LogP contribution is 2.27. The Morgan fingerprint density at radius 3 is 2.26 bits per heavy atom. The van der Waals surface area contributed by atoms with Crippen LogP contribution in [-0.4, -0.2) is 56.0 Å². The molecular formula is C24H26ClF2N7. The summed E-state index contributed by atoms with van der Waals surface area (Å²) in [4.78, 5) is 9.13. The van der Waals surface area contributed by atoms with Crippen LogP contribution in [0, 0.1) is 0 Å². The number of aromatic nitrogens is 6. The van der Waals surface area contributed by atoms with E-state index in [-0.39, 0.29) is 12.4 Å². The molecule has 1 fully saturated rings. The molecule has 3 aromatic heterocycles. The van der Waals surface area contributed by atoms with Gasteiger partial charge in [-0.05, 0) is 37.6 Å². The van der Waals surface area contributed by atoms with Gasteiger partial charge < -0.3 is 5.32 Å². The van der Waals surface area contributed by atoms with Crippen LogP contribution in [0.15, 0.2) is 61.4 Å². The number of nitrogens with zero attached hydrogens (tertiary/aromatic N) is 6. The zero-order valence-electron chi connectivity index (χ0n) is 18.5. The van der Waals surface area contributed by atoms with Gasteiger partial charge in [-0.15, -0.1) is 12.4 Å². The van der Waals surface area contributed by atoms with Crippen molar-refractivity contribution in [3.63, 3.8) is 0 Å². The maximum absolute atomic E-state index is 13.0. The first-order valence-electron chi connectivity index (χ1n) is 11.1. The molecular weight excluding hydrogens is 460 g/mol. The van der Waals surface area contributed by atoms with Crippen LogP contribution < -0.4 is 5.32 Å². The van der Waals surface area contributed by atoms with Crippen molar-refractivity contribution >= 4 is 12.4 Å². The average Bonchev–Trinajstić information content (AvgIpc) is 3.57. The monoisotopic (exact) mass is 485 g/mol. The summed E-state index contributed by atoms with van der Waals surface area (Å²) in [7, 11) is 0. The molecule has 0 atom stereocenters. The molecule has 1 N–H and O–H groups in total. The van der Waals surface area contributed by atoms with Gasteiger partial charge in [-0.25, -0.2) is 18.7 Å². The Balaban J connectivity index is 0.00000274. The van der Waals surface area contributed by atoms with E-state index in [4.69, 9.17) is 0 Å². The van der Waals surface area contributed by atoms with Crippen molar-refractivity contribution in [2.24, 2.45) is 0 Å². The summed E-state index contributed by atoms with van der Waals surface area (Å²) in [6.45, 7) is 0.441. The van der Waals surface area contributed by atoms with E-state index in [0.29, 0.717) is 11.9 Å². The Morgan fingerprint density at radius 2 is 1.53 bits per heavy atom. The van der Waals surface area contributed by atoms with Gasteiger partial charge in [-0.1, -0.05) is 18.2 Å². The molecule has 7 nitrogen and oxygen atoms in total. The molecule has 34 heavy (non-hydrogen) atoms. The van der Waals surface area contributed by atoms with Crippen LogP contribution in [0.2, 0.25) is 0 Å². The molecule has 10 heteroatoms. The van der Waals surface area contributed by atoms with Crippen molar-refractivity contribution in [2.75, 3.05) is 26.4 Å². The van der Waals surface area contributed by atoms with E-state index in [1.165, 1.54) is 4.68 Å². The first kappa shape index (κ1) is 24.0. The van der Waals surface area contributed by atoms with Crippen molar-refractivity contribution in [1.29, 1.82) is 0 Å². The highest BCUT2D eigenvalue weighted by atomic mass is 35.5. The highest BCUT2D eigenvalue weighted by molar-refractivity contribution is 5.85. The Hall–Kier alpha value is -3.17. The molecule has 1 saturated heterocycles. The summed E-state index contributed by atoms with van der Waals surface area (Å²) in [5.41, 5.74) is 4.43. The number of piperidine rings is 1. The molecule has 0 saturated carbocycles. The van der Waals surface area contributed by atoms with E-state index in [1.54, 1.807) is 12.4 Å². The summed E-state index contributed by atoms with van der Waals surface area (Å²) in [6, 6.07) is 7.25. The Labute approximate surface area is 202 Å². The van der Waals surface area contributed by atoms with Gasteiger partial charge >= 0.3 is 0 Å². The lowest BCUT2D eigenvalue weighted by Crippen LogP contribution is -2.29. The number of hydrogen-bond donors (Lipinski definition) is 1. The van der Waals surface area contributed by atoms with Crippen LogP contribution in [0.1, 0.15) is 24.9 Å². The fourth-order valence-electron chi connectivity index (χ4n) is 4.09. The molecule has 0 aliphatic carbocycles. The van der Waals surface area contributed by atoms with Gasteiger partial charge in [0.25, 0.3) is 0 Å². The van der Waals surface area contributed by atoms with Gasteiger partial charge in [-0.2, -0.15) is 10.2 Å². The van der Waals surface area contributed by atoms with Crippen molar-refractivity contribution in [3.05, 3.63) is 61.4 Å². The van der Waals surface area contributed by atoms with Crippen molar-refractivity contribution in [3.8, 4) is 33.6 Å². The summed E-state index contributed by atoms with van der Waals surface area (Å²) >= 11 is 0. The fraction of sp³-hybridized carbons (Fsp3) is 0.333. The lowest BCUT2D eigenvalue weighted by molar-refractivity contribution is 0.272. The van der Waals surface area contributed by atoms with Gasteiger partial charge in [-0.3, -0.25) is 9.36 Å². The molecule has 0 amide bonds. The van der Waals surface area contributed by atoms with Crippen LogP contribution >= 0.6 is 12.4 Å². The van der Waals surface area contributed by atoms with Crippen LogP contribution in [0.25, 0.3) is 33.6 Å². The van der Waals surface area contributed by atoms with Crippen LogP contribution in [0.3, 0.4) is 0 Å². The maximum atomic E-state index is 13.0. The van der Waals surface area contributed by atoms with Crippen molar-refractivity contribution in [1.82, 2.24) is 34.8 Å². The molecule has 178 valence electrons.